The predicted molar refractivity (Wildman–Crippen MR) is 97.8 cm³/mol. The fourth-order valence-corrected chi connectivity index (χ4v) is 3.22. The Kier molecular flexibility index (Phi) is 5.31. The highest BCUT2D eigenvalue weighted by atomic mass is 35.5. The summed E-state index contributed by atoms with van der Waals surface area (Å²) in [5.41, 5.74) is 1.52. The molecule has 0 fully saturated rings. The zero-order valence-electron chi connectivity index (χ0n) is 13.3. The van der Waals surface area contributed by atoms with Crippen LogP contribution in [0.1, 0.15) is 4.88 Å². The molecular formula is C18H14ClFN2O2S. The Balaban J connectivity index is 1.64. The third-order valence-electron chi connectivity index (χ3n) is 3.33. The molecule has 0 unspecified atom stereocenters. The van der Waals surface area contributed by atoms with Gasteiger partial charge in [0.1, 0.15) is 11.6 Å². The molecule has 1 amide bonds. The average Bonchev–Trinajstić information content (AvgIpc) is 2.94. The van der Waals surface area contributed by atoms with Gasteiger partial charge in [-0.25, -0.2) is 9.37 Å². The first kappa shape index (κ1) is 17.4. The van der Waals surface area contributed by atoms with Crippen LogP contribution in [0.2, 0.25) is 5.02 Å². The number of aromatic nitrogens is 1. The number of benzene rings is 2. The number of nitrogens with zero attached hydrogens (tertiary/aromatic N) is 1. The smallest absolute Gasteiger partial charge is 0.264 e. The Morgan fingerprint density at radius 3 is 2.76 bits per heavy atom. The van der Waals surface area contributed by atoms with Crippen molar-refractivity contribution in [3.63, 3.8) is 0 Å². The van der Waals surface area contributed by atoms with Gasteiger partial charge in [-0.05, 0) is 49.4 Å². The summed E-state index contributed by atoms with van der Waals surface area (Å²) in [6.45, 7) is 1.75. The highest BCUT2D eigenvalue weighted by molar-refractivity contribution is 7.16. The molecule has 0 aliphatic rings. The first-order valence-corrected chi connectivity index (χ1v) is 8.62. The van der Waals surface area contributed by atoms with Crippen molar-refractivity contribution in [1.29, 1.82) is 0 Å². The molecule has 0 bridgehead atoms. The van der Waals surface area contributed by atoms with Crippen LogP contribution >= 0.6 is 22.9 Å². The van der Waals surface area contributed by atoms with Crippen molar-refractivity contribution in [2.24, 2.45) is 0 Å². The maximum atomic E-state index is 13.0. The Labute approximate surface area is 153 Å². The maximum absolute atomic E-state index is 13.0. The Hall–Kier alpha value is -2.44. The van der Waals surface area contributed by atoms with Gasteiger partial charge >= 0.3 is 0 Å². The zero-order valence-corrected chi connectivity index (χ0v) is 14.8. The highest BCUT2D eigenvalue weighted by Gasteiger charge is 2.12. The second-order valence-electron chi connectivity index (χ2n) is 5.22. The molecule has 0 spiro atoms. The van der Waals surface area contributed by atoms with Gasteiger partial charge in [-0.15, -0.1) is 11.3 Å². The molecule has 7 heteroatoms. The van der Waals surface area contributed by atoms with Crippen molar-refractivity contribution in [3.8, 4) is 17.0 Å². The highest BCUT2D eigenvalue weighted by Crippen LogP contribution is 2.30. The monoisotopic (exact) mass is 376 g/mol. The van der Waals surface area contributed by atoms with Crippen molar-refractivity contribution in [2.45, 2.75) is 6.92 Å². The maximum Gasteiger partial charge on any atom is 0.264 e. The van der Waals surface area contributed by atoms with Gasteiger partial charge in [0.15, 0.2) is 11.7 Å². The molecule has 128 valence electrons. The number of halogens is 2. The first-order valence-electron chi connectivity index (χ1n) is 7.43. The number of anilines is 1. The lowest BCUT2D eigenvalue weighted by molar-refractivity contribution is -0.118. The van der Waals surface area contributed by atoms with Gasteiger partial charge in [0.25, 0.3) is 5.91 Å². The van der Waals surface area contributed by atoms with Gasteiger partial charge < -0.3 is 4.74 Å². The van der Waals surface area contributed by atoms with E-state index in [-0.39, 0.29) is 18.3 Å². The predicted octanol–water partition coefficient (Wildman–Crippen LogP) is 4.93. The normalized spacial score (nSPS) is 10.5. The molecule has 4 nitrogen and oxygen atoms in total. The molecule has 25 heavy (non-hydrogen) atoms. The van der Waals surface area contributed by atoms with E-state index in [1.807, 2.05) is 6.92 Å². The lowest BCUT2D eigenvalue weighted by atomic mass is 10.1. The minimum atomic E-state index is -0.320. The Morgan fingerprint density at radius 2 is 2.04 bits per heavy atom. The van der Waals surface area contributed by atoms with Crippen LogP contribution in [0.25, 0.3) is 11.3 Å². The zero-order chi connectivity index (χ0) is 17.8. The van der Waals surface area contributed by atoms with Crippen LogP contribution in [-0.2, 0) is 4.79 Å². The van der Waals surface area contributed by atoms with E-state index in [9.17, 15) is 9.18 Å². The molecule has 0 aliphatic carbocycles. The number of nitrogens with one attached hydrogen (secondary N) is 1. The van der Waals surface area contributed by atoms with Crippen LogP contribution in [0.4, 0.5) is 9.52 Å². The van der Waals surface area contributed by atoms with E-state index >= 15 is 0 Å². The van der Waals surface area contributed by atoms with Crippen LogP contribution in [-0.4, -0.2) is 17.5 Å². The number of rotatable bonds is 5. The summed E-state index contributed by atoms with van der Waals surface area (Å²) in [6.07, 6.45) is 0. The van der Waals surface area contributed by atoms with Crippen molar-refractivity contribution < 1.29 is 13.9 Å². The quantitative estimate of drug-likeness (QED) is 0.687. The van der Waals surface area contributed by atoms with Gasteiger partial charge in [-0.1, -0.05) is 17.7 Å². The second-order valence-corrected chi connectivity index (χ2v) is 6.86. The summed E-state index contributed by atoms with van der Waals surface area (Å²) in [7, 11) is 0. The average molecular weight is 377 g/mol. The van der Waals surface area contributed by atoms with E-state index in [1.54, 1.807) is 36.4 Å². The second kappa shape index (κ2) is 7.63. The summed E-state index contributed by atoms with van der Waals surface area (Å²) < 4.78 is 18.4. The van der Waals surface area contributed by atoms with Crippen molar-refractivity contribution in [1.82, 2.24) is 4.98 Å². The van der Waals surface area contributed by atoms with Crippen molar-refractivity contribution in [3.05, 3.63) is 64.2 Å². The number of hydrogen-bond acceptors (Lipinski definition) is 4. The number of carbonyl (C=O) groups excluding carboxylic acids is 1. The van der Waals surface area contributed by atoms with E-state index in [4.69, 9.17) is 16.3 Å². The van der Waals surface area contributed by atoms with Crippen LogP contribution in [0.5, 0.6) is 5.75 Å². The largest absolute Gasteiger partial charge is 0.484 e. The molecule has 0 aliphatic heterocycles. The number of carbonyl (C=O) groups is 1. The van der Waals surface area contributed by atoms with Gasteiger partial charge in [0.2, 0.25) is 0 Å². The number of ether oxygens (including phenoxy) is 1. The molecule has 1 aromatic heterocycles. The van der Waals surface area contributed by atoms with Crippen molar-refractivity contribution in [2.75, 3.05) is 11.9 Å². The standard InChI is InChI=1S/C18H14ClFN2O2S/c1-11-17(12-5-7-14(20)8-6-12)22-18(25-11)21-16(23)10-24-15-4-2-3-13(19)9-15/h2-9H,10H2,1H3,(H,21,22,23). The molecule has 0 saturated carbocycles. The van der Waals surface area contributed by atoms with Crippen LogP contribution in [0, 0.1) is 12.7 Å². The molecule has 2 aromatic carbocycles. The van der Waals surface area contributed by atoms with E-state index in [0.717, 1.165) is 16.1 Å². The molecular weight excluding hydrogens is 363 g/mol. The lowest BCUT2D eigenvalue weighted by Crippen LogP contribution is -2.20. The third kappa shape index (κ3) is 4.55. The Bertz CT molecular complexity index is 896. The van der Waals surface area contributed by atoms with Crippen LogP contribution in [0.15, 0.2) is 48.5 Å². The Morgan fingerprint density at radius 1 is 1.28 bits per heavy atom. The third-order valence-corrected chi connectivity index (χ3v) is 4.45. The summed E-state index contributed by atoms with van der Waals surface area (Å²) in [4.78, 5) is 17.4. The molecule has 0 saturated heterocycles. The van der Waals surface area contributed by atoms with Gasteiger partial charge in [-0.3, -0.25) is 10.1 Å². The van der Waals surface area contributed by atoms with Gasteiger partial charge in [0, 0.05) is 15.5 Å². The number of thiazole rings is 1. The summed E-state index contributed by atoms with van der Waals surface area (Å²) in [5.74, 6) is -0.104. The van der Waals surface area contributed by atoms with Gasteiger partial charge in [0.05, 0.1) is 5.69 Å². The van der Waals surface area contributed by atoms with E-state index < -0.39 is 0 Å². The fourth-order valence-electron chi connectivity index (χ4n) is 2.19. The van der Waals surface area contributed by atoms with Crippen molar-refractivity contribution >= 4 is 34.0 Å². The lowest BCUT2D eigenvalue weighted by Gasteiger charge is -2.05. The minimum Gasteiger partial charge on any atom is -0.484 e. The van der Waals surface area contributed by atoms with E-state index in [0.29, 0.717) is 15.9 Å². The SMILES string of the molecule is Cc1sc(NC(=O)COc2cccc(Cl)c2)nc1-c1ccc(F)cc1. The molecule has 1 N–H and O–H groups in total. The topological polar surface area (TPSA) is 51.2 Å². The molecule has 3 aromatic rings. The first-order chi connectivity index (χ1) is 12.0. The van der Waals surface area contributed by atoms with E-state index in [1.165, 1.54) is 23.5 Å². The van der Waals surface area contributed by atoms with Gasteiger partial charge in [-0.2, -0.15) is 0 Å². The fraction of sp³-hybridized carbons (Fsp3) is 0.111. The number of amides is 1. The molecule has 0 atom stereocenters. The van der Waals surface area contributed by atoms with E-state index in [2.05, 4.69) is 10.3 Å². The summed E-state index contributed by atoms with van der Waals surface area (Å²) >= 11 is 7.22. The summed E-state index contributed by atoms with van der Waals surface area (Å²) in [6, 6.07) is 12.9. The number of aryl methyl sites for hydroxylation is 1. The molecule has 1 heterocycles. The molecule has 3 rings (SSSR count). The minimum absolute atomic E-state index is 0.148. The number of hydrogen-bond donors (Lipinski definition) is 1. The molecule has 0 radical (unpaired) electrons. The summed E-state index contributed by atoms with van der Waals surface area (Å²) in [5, 5.41) is 3.71. The van der Waals surface area contributed by atoms with Crippen LogP contribution in [0.3, 0.4) is 0 Å². The van der Waals surface area contributed by atoms with Crippen LogP contribution < -0.4 is 10.1 Å².